The minimum Gasteiger partial charge on any atom is -0.264 e. The van der Waals surface area contributed by atoms with Crippen molar-refractivity contribution in [3.8, 4) is 6.07 Å². The summed E-state index contributed by atoms with van der Waals surface area (Å²) in [7, 11) is -8.38. The molecule has 3 aromatic carbocycles. The predicted molar refractivity (Wildman–Crippen MR) is 141 cm³/mol. The second kappa shape index (κ2) is 10.9. The van der Waals surface area contributed by atoms with Crippen molar-refractivity contribution in [2.45, 2.75) is 35.5 Å². The topological polar surface area (TPSA) is 123 Å². The van der Waals surface area contributed by atoms with Gasteiger partial charge in [0.15, 0.2) is 0 Å². The van der Waals surface area contributed by atoms with E-state index in [-0.39, 0.29) is 32.4 Å². The summed E-state index contributed by atoms with van der Waals surface area (Å²) in [5.74, 6) is 0. The molecule has 0 N–H and O–H groups in total. The summed E-state index contributed by atoms with van der Waals surface area (Å²) in [5, 5.41) is 13.9. The van der Waals surface area contributed by atoms with E-state index in [1.807, 2.05) is 26.0 Å². The maximum absolute atomic E-state index is 12.9. The highest BCUT2D eigenvalue weighted by atomic mass is 32.2. The summed E-state index contributed by atoms with van der Waals surface area (Å²) in [6.07, 6.45) is -0.105. The predicted octanol–water partition coefficient (Wildman–Crippen LogP) is 5.17. The SMILES string of the molecule is Cc1ccc(S(=O)(=O)OC2CC(=NOS(=O)(=O)c3ccccc3)C(=C(C#N)c3ccccc3C)S2)cc1. The number of allylic oxidation sites excluding steroid dienone is 2. The molecule has 1 aliphatic rings. The Bertz CT molecular complexity index is 1620. The van der Waals surface area contributed by atoms with E-state index < -0.39 is 25.7 Å². The van der Waals surface area contributed by atoms with Crippen molar-refractivity contribution < 1.29 is 25.3 Å². The Morgan fingerprint density at radius 2 is 1.51 bits per heavy atom. The van der Waals surface area contributed by atoms with Crippen LogP contribution in [0.15, 0.2) is 98.7 Å². The minimum atomic E-state index is -4.24. The van der Waals surface area contributed by atoms with E-state index in [9.17, 15) is 22.1 Å². The molecule has 0 radical (unpaired) electrons. The van der Waals surface area contributed by atoms with Gasteiger partial charge in [-0.25, -0.2) is 0 Å². The van der Waals surface area contributed by atoms with Gasteiger partial charge in [-0.15, -0.1) is 0 Å². The van der Waals surface area contributed by atoms with E-state index in [4.69, 9.17) is 8.47 Å². The molecule has 0 aromatic heterocycles. The molecule has 1 atom stereocenters. The molecule has 0 spiro atoms. The number of thioether (sulfide) groups is 1. The van der Waals surface area contributed by atoms with Gasteiger partial charge in [0, 0.05) is 6.42 Å². The first-order valence-electron chi connectivity index (χ1n) is 11.0. The highest BCUT2D eigenvalue weighted by molar-refractivity contribution is 8.05. The Hall–Kier alpha value is -3.43. The Balaban J connectivity index is 1.72. The van der Waals surface area contributed by atoms with Gasteiger partial charge in [-0.2, -0.15) is 22.1 Å². The fraction of sp³-hybridized carbons (Fsp3) is 0.154. The van der Waals surface area contributed by atoms with E-state index in [0.29, 0.717) is 5.56 Å². The van der Waals surface area contributed by atoms with Crippen LogP contribution >= 0.6 is 11.8 Å². The van der Waals surface area contributed by atoms with Gasteiger partial charge >= 0.3 is 10.1 Å². The summed E-state index contributed by atoms with van der Waals surface area (Å²) in [5.41, 5.74) is 1.61. The van der Waals surface area contributed by atoms with Gasteiger partial charge in [0.1, 0.15) is 16.4 Å². The highest BCUT2D eigenvalue weighted by Gasteiger charge is 2.35. The molecular weight excluding hydrogens is 532 g/mol. The van der Waals surface area contributed by atoms with E-state index in [0.717, 1.165) is 22.9 Å². The third-order valence-electron chi connectivity index (χ3n) is 5.45. The smallest absolute Gasteiger partial charge is 0.264 e. The number of aryl methyl sites for hydroxylation is 2. The molecule has 1 fully saturated rings. The zero-order chi connectivity index (χ0) is 26.6. The lowest BCUT2D eigenvalue weighted by Crippen LogP contribution is -2.14. The van der Waals surface area contributed by atoms with Crippen LogP contribution in [0.2, 0.25) is 0 Å². The molecule has 190 valence electrons. The van der Waals surface area contributed by atoms with Crippen LogP contribution in [0.1, 0.15) is 23.1 Å². The first-order chi connectivity index (χ1) is 17.6. The van der Waals surface area contributed by atoms with Gasteiger partial charge in [-0.1, -0.05) is 77.1 Å². The van der Waals surface area contributed by atoms with Gasteiger partial charge in [-0.3, -0.25) is 8.47 Å². The van der Waals surface area contributed by atoms with Crippen molar-refractivity contribution in [1.82, 2.24) is 0 Å². The van der Waals surface area contributed by atoms with Crippen LogP contribution in [0.3, 0.4) is 0 Å². The third kappa shape index (κ3) is 6.11. The molecule has 0 bridgehead atoms. The minimum absolute atomic E-state index is 0.0167. The van der Waals surface area contributed by atoms with E-state index in [1.165, 1.54) is 24.3 Å². The first kappa shape index (κ1) is 26.6. The molecule has 11 heteroatoms. The Morgan fingerprint density at radius 1 is 0.892 bits per heavy atom. The normalized spacial score (nSPS) is 18.4. The number of hydrogen-bond acceptors (Lipinski definition) is 9. The van der Waals surface area contributed by atoms with E-state index in [1.54, 1.807) is 42.5 Å². The van der Waals surface area contributed by atoms with Crippen LogP contribution in [-0.2, 0) is 28.7 Å². The maximum atomic E-state index is 12.9. The van der Waals surface area contributed by atoms with Gasteiger partial charge in [0.2, 0.25) is 0 Å². The average Bonchev–Trinajstić information content (AvgIpc) is 3.26. The van der Waals surface area contributed by atoms with Gasteiger partial charge in [-0.05, 0) is 49.2 Å². The Kier molecular flexibility index (Phi) is 7.85. The molecule has 0 aliphatic carbocycles. The standard InChI is InChI=1S/C26H22N2O6S3/c1-18-12-14-21(15-13-18)36(29,30)33-25-16-24(28-34-37(31,32)20-9-4-3-5-10-20)26(35-25)23(17-27)22-11-7-6-8-19(22)2/h3-15,25H,16H2,1-2H3. The monoisotopic (exact) mass is 554 g/mol. The summed E-state index contributed by atoms with van der Waals surface area (Å²) in [6, 6.07) is 23.0. The maximum Gasteiger partial charge on any atom is 0.358 e. The number of benzene rings is 3. The molecule has 0 saturated carbocycles. The molecular formula is C26H22N2O6S3. The molecule has 4 rings (SSSR count). The average molecular weight is 555 g/mol. The lowest BCUT2D eigenvalue weighted by molar-refractivity contribution is 0.297. The summed E-state index contributed by atoms with van der Waals surface area (Å²) >= 11 is 0.976. The lowest BCUT2D eigenvalue weighted by atomic mass is 10.00. The Morgan fingerprint density at radius 3 is 2.16 bits per heavy atom. The van der Waals surface area contributed by atoms with Crippen LogP contribution in [-0.4, -0.2) is 28.0 Å². The number of oxime groups is 1. The van der Waals surface area contributed by atoms with Crippen molar-refractivity contribution in [3.63, 3.8) is 0 Å². The zero-order valence-corrected chi connectivity index (χ0v) is 22.3. The second-order valence-corrected chi connectivity index (χ2v) is 12.4. The van der Waals surface area contributed by atoms with Crippen LogP contribution < -0.4 is 0 Å². The molecule has 0 amide bonds. The number of nitriles is 1. The highest BCUT2D eigenvalue weighted by Crippen LogP contribution is 2.42. The molecule has 1 aliphatic heterocycles. The fourth-order valence-electron chi connectivity index (χ4n) is 3.54. The van der Waals surface area contributed by atoms with Crippen molar-refractivity contribution in [2.75, 3.05) is 0 Å². The summed E-state index contributed by atoms with van der Waals surface area (Å²) < 4.78 is 61.5. The molecule has 37 heavy (non-hydrogen) atoms. The second-order valence-electron chi connectivity index (χ2n) is 8.13. The largest absolute Gasteiger partial charge is 0.358 e. The summed E-state index contributed by atoms with van der Waals surface area (Å²) in [4.78, 5) is 0.172. The third-order valence-corrected chi connectivity index (χ3v) is 9.22. The van der Waals surface area contributed by atoms with Crippen LogP contribution in [0.4, 0.5) is 0 Å². The van der Waals surface area contributed by atoms with E-state index >= 15 is 0 Å². The van der Waals surface area contributed by atoms with Crippen LogP contribution in [0.25, 0.3) is 5.57 Å². The number of rotatable bonds is 7. The fourth-order valence-corrected chi connectivity index (χ4v) is 6.74. The lowest BCUT2D eigenvalue weighted by Gasteiger charge is -2.11. The molecule has 3 aromatic rings. The van der Waals surface area contributed by atoms with Crippen molar-refractivity contribution >= 4 is 43.3 Å². The first-order valence-corrected chi connectivity index (χ1v) is 14.7. The van der Waals surface area contributed by atoms with Crippen molar-refractivity contribution in [1.29, 1.82) is 5.26 Å². The quantitative estimate of drug-likeness (QED) is 0.223. The van der Waals surface area contributed by atoms with Crippen molar-refractivity contribution in [3.05, 3.63) is 100 Å². The van der Waals surface area contributed by atoms with Crippen molar-refractivity contribution in [2.24, 2.45) is 5.16 Å². The van der Waals surface area contributed by atoms with Crippen LogP contribution in [0.5, 0.6) is 0 Å². The molecule has 1 saturated heterocycles. The van der Waals surface area contributed by atoms with E-state index in [2.05, 4.69) is 11.2 Å². The molecule has 1 heterocycles. The number of nitrogens with zero attached hydrogens (tertiary/aromatic N) is 2. The molecule has 8 nitrogen and oxygen atoms in total. The molecule has 1 unspecified atom stereocenters. The summed E-state index contributed by atoms with van der Waals surface area (Å²) in [6.45, 7) is 3.66. The number of hydrogen-bond donors (Lipinski definition) is 0. The van der Waals surface area contributed by atoms with Gasteiger partial charge in [0.05, 0.1) is 21.1 Å². The Labute approximate surface area is 220 Å². The van der Waals surface area contributed by atoms with Crippen LogP contribution in [0, 0.1) is 25.2 Å². The van der Waals surface area contributed by atoms with Gasteiger partial charge < -0.3 is 0 Å². The zero-order valence-electron chi connectivity index (χ0n) is 19.9. The van der Waals surface area contributed by atoms with Gasteiger partial charge in [0.25, 0.3) is 10.1 Å².